The van der Waals surface area contributed by atoms with E-state index in [-0.39, 0.29) is 17.9 Å². The molecule has 0 aliphatic carbocycles. The average molecular weight is 407 g/mol. The number of hydrogen-bond donors (Lipinski definition) is 3. The van der Waals surface area contributed by atoms with Crippen LogP contribution in [0.3, 0.4) is 0 Å². The first-order valence-electron chi connectivity index (χ1n) is 9.87. The fourth-order valence-corrected chi connectivity index (χ4v) is 3.69. The third-order valence-corrected chi connectivity index (χ3v) is 5.54. The molecule has 1 fully saturated rings. The van der Waals surface area contributed by atoms with Gasteiger partial charge in [-0.1, -0.05) is 6.07 Å². The van der Waals surface area contributed by atoms with Crippen molar-refractivity contribution in [2.24, 2.45) is 0 Å². The van der Waals surface area contributed by atoms with Gasteiger partial charge in [0, 0.05) is 39.8 Å². The minimum Gasteiger partial charge on any atom is -0.369 e. The van der Waals surface area contributed by atoms with E-state index in [0.717, 1.165) is 23.0 Å². The maximum atomic E-state index is 12.7. The maximum Gasteiger partial charge on any atom is 0.255 e. The third-order valence-electron chi connectivity index (χ3n) is 5.54. The first-order valence-corrected chi connectivity index (χ1v) is 9.87. The summed E-state index contributed by atoms with van der Waals surface area (Å²) in [4.78, 5) is 39.3. The van der Waals surface area contributed by atoms with E-state index in [9.17, 15) is 9.59 Å². The normalized spacial score (nSPS) is 16.1. The Morgan fingerprint density at radius 2 is 2.17 bits per heavy atom. The third kappa shape index (κ3) is 4.05. The van der Waals surface area contributed by atoms with E-state index >= 15 is 0 Å². The molecule has 4 N–H and O–H groups in total. The first kappa shape index (κ1) is 19.7. The number of anilines is 2. The number of aromatic amines is 1. The summed E-state index contributed by atoms with van der Waals surface area (Å²) in [5, 5.41) is 3.26. The van der Waals surface area contributed by atoms with Gasteiger partial charge in [-0.25, -0.2) is 9.97 Å². The zero-order valence-corrected chi connectivity index (χ0v) is 17.1. The number of nitrogens with two attached hydrogens (primary N) is 1. The fourth-order valence-electron chi connectivity index (χ4n) is 3.69. The van der Waals surface area contributed by atoms with Crippen molar-refractivity contribution >= 4 is 34.6 Å². The molecule has 3 heterocycles. The monoisotopic (exact) mass is 407 g/mol. The molecular formula is C21H25N7O2. The lowest BCUT2D eigenvalue weighted by atomic mass is 10.2. The predicted molar refractivity (Wildman–Crippen MR) is 115 cm³/mol. The van der Waals surface area contributed by atoms with Crippen LogP contribution in [0.5, 0.6) is 0 Å². The molecule has 3 aromatic rings. The summed E-state index contributed by atoms with van der Waals surface area (Å²) in [6.45, 7) is 3.32. The highest BCUT2D eigenvalue weighted by molar-refractivity contribution is 5.94. The van der Waals surface area contributed by atoms with Gasteiger partial charge in [-0.2, -0.15) is 0 Å². The van der Waals surface area contributed by atoms with Crippen molar-refractivity contribution in [3.8, 4) is 0 Å². The average Bonchev–Trinajstić information content (AvgIpc) is 3.37. The SMILES string of the molecule is CC(=O)N(C)[C@H]1CCN(C(=O)c2ccc(NCc3ccc4nc(N)[nH]c4c3)nc2)C1. The van der Waals surface area contributed by atoms with Gasteiger partial charge in [0.2, 0.25) is 5.91 Å². The molecule has 1 saturated heterocycles. The number of pyridine rings is 1. The Morgan fingerprint density at radius 1 is 1.33 bits per heavy atom. The summed E-state index contributed by atoms with van der Waals surface area (Å²) in [6.07, 6.45) is 2.38. The standard InChI is InChI=1S/C21H25N7O2/c1-13(29)27(2)16-7-8-28(12-16)20(30)15-4-6-19(24-11-15)23-10-14-3-5-17-18(9-14)26-21(22)25-17/h3-6,9,11,16H,7-8,10,12H2,1-2H3,(H,23,24)(H3,22,25,26)/t16-/m0/s1. The number of amides is 2. The second-order valence-electron chi connectivity index (χ2n) is 7.58. The number of hydrogen-bond acceptors (Lipinski definition) is 6. The molecule has 0 unspecified atom stereocenters. The first-order chi connectivity index (χ1) is 14.4. The van der Waals surface area contributed by atoms with E-state index in [1.165, 1.54) is 0 Å². The van der Waals surface area contributed by atoms with Crippen molar-refractivity contribution in [3.05, 3.63) is 47.7 Å². The highest BCUT2D eigenvalue weighted by Crippen LogP contribution is 2.19. The Morgan fingerprint density at radius 3 is 2.90 bits per heavy atom. The van der Waals surface area contributed by atoms with Gasteiger partial charge >= 0.3 is 0 Å². The lowest BCUT2D eigenvalue weighted by molar-refractivity contribution is -0.129. The van der Waals surface area contributed by atoms with Crippen LogP contribution in [0.2, 0.25) is 0 Å². The zero-order chi connectivity index (χ0) is 21.3. The molecule has 156 valence electrons. The van der Waals surface area contributed by atoms with Crippen LogP contribution in [0.15, 0.2) is 36.5 Å². The number of imidazole rings is 1. The van der Waals surface area contributed by atoms with Crippen LogP contribution in [0, 0.1) is 0 Å². The van der Waals surface area contributed by atoms with Gasteiger partial charge in [-0.15, -0.1) is 0 Å². The van der Waals surface area contributed by atoms with Gasteiger partial charge < -0.3 is 25.8 Å². The highest BCUT2D eigenvalue weighted by atomic mass is 16.2. The van der Waals surface area contributed by atoms with Crippen LogP contribution in [0.25, 0.3) is 11.0 Å². The van der Waals surface area contributed by atoms with Crippen molar-refractivity contribution in [1.82, 2.24) is 24.8 Å². The number of likely N-dealkylation sites (N-methyl/N-ethyl adjacent to an activating group) is 1. The number of rotatable bonds is 5. The number of carbonyl (C=O) groups is 2. The minimum atomic E-state index is -0.0595. The molecule has 2 amide bonds. The Hall–Kier alpha value is -3.62. The van der Waals surface area contributed by atoms with Crippen LogP contribution in [-0.4, -0.2) is 62.7 Å². The number of nitrogens with one attached hydrogen (secondary N) is 2. The van der Waals surface area contributed by atoms with Gasteiger partial charge in [0.15, 0.2) is 5.95 Å². The molecule has 9 nitrogen and oxygen atoms in total. The summed E-state index contributed by atoms with van der Waals surface area (Å²) in [7, 11) is 1.78. The lowest BCUT2D eigenvalue weighted by Gasteiger charge is -2.23. The van der Waals surface area contributed by atoms with Crippen molar-refractivity contribution in [2.45, 2.75) is 25.9 Å². The highest BCUT2D eigenvalue weighted by Gasteiger charge is 2.30. The molecule has 1 aliphatic rings. The Labute approximate surface area is 174 Å². The Kier molecular flexibility index (Phi) is 5.26. The molecular weight excluding hydrogens is 382 g/mol. The van der Waals surface area contributed by atoms with Crippen molar-refractivity contribution in [2.75, 3.05) is 31.2 Å². The van der Waals surface area contributed by atoms with Gasteiger partial charge in [-0.3, -0.25) is 9.59 Å². The molecule has 4 rings (SSSR count). The smallest absolute Gasteiger partial charge is 0.255 e. The van der Waals surface area contributed by atoms with Crippen molar-refractivity contribution < 1.29 is 9.59 Å². The van der Waals surface area contributed by atoms with E-state index in [1.807, 2.05) is 18.2 Å². The molecule has 0 spiro atoms. The van der Waals surface area contributed by atoms with Crippen LogP contribution >= 0.6 is 0 Å². The lowest BCUT2D eigenvalue weighted by Crippen LogP contribution is -2.38. The quantitative estimate of drug-likeness (QED) is 0.594. The van der Waals surface area contributed by atoms with E-state index in [4.69, 9.17) is 5.73 Å². The van der Waals surface area contributed by atoms with Crippen molar-refractivity contribution in [3.63, 3.8) is 0 Å². The molecule has 0 bridgehead atoms. The van der Waals surface area contributed by atoms with Gasteiger partial charge in [0.1, 0.15) is 5.82 Å². The number of nitrogen functional groups attached to an aromatic ring is 1. The number of likely N-dealkylation sites (tertiary alicyclic amines) is 1. The summed E-state index contributed by atoms with van der Waals surface area (Å²) < 4.78 is 0. The molecule has 9 heteroatoms. The number of carbonyl (C=O) groups excluding carboxylic acids is 2. The molecule has 0 radical (unpaired) electrons. The maximum absolute atomic E-state index is 12.7. The summed E-state index contributed by atoms with van der Waals surface area (Å²) in [5.41, 5.74) is 9.01. The number of aromatic nitrogens is 3. The Balaban J connectivity index is 1.35. The van der Waals surface area contributed by atoms with Gasteiger partial charge in [0.25, 0.3) is 5.91 Å². The zero-order valence-electron chi connectivity index (χ0n) is 17.1. The molecule has 1 atom stereocenters. The number of H-pyrrole nitrogens is 1. The molecule has 30 heavy (non-hydrogen) atoms. The van der Waals surface area contributed by atoms with E-state index in [1.54, 1.807) is 42.1 Å². The summed E-state index contributed by atoms with van der Waals surface area (Å²) in [5.74, 6) is 1.04. The topological polar surface area (TPSA) is 120 Å². The summed E-state index contributed by atoms with van der Waals surface area (Å²) >= 11 is 0. The Bertz CT molecular complexity index is 1080. The number of fused-ring (bicyclic) bond motifs is 1. The minimum absolute atomic E-state index is 0.0153. The number of benzene rings is 1. The molecule has 1 aromatic carbocycles. The van der Waals surface area contributed by atoms with E-state index in [0.29, 0.717) is 37.0 Å². The second kappa shape index (κ2) is 8.02. The largest absolute Gasteiger partial charge is 0.369 e. The van der Waals surface area contributed by atoms with Crippen LogP contribution < -0.4 is 11.1 Å². The molecule has 0 saturated carbocycles. The predicted octanol–water partition coefficient (Wildman–Crippen LogP) is 1.84. The van der Waals surface area contributed by atoms with Crippen LogP contribution in [-0.2, 0) is 11.3 Å². The van der Waals surface area contributed by atoms with Gasteiger partial charge in [-0.05, 0) is 36.2 Å². The van der Waals surface area contributed by atoms with Crippen LogP contribution in [0.4, 0.5) is 11.8 Å². The molecule has 1 aliphatic heterocycles. The fraction of sp³-hybridized carbons (Fsp3) is 0.333. The van der Waals surface area contributed by atoms with Crippen LogP contribution in [0.1, 0.15) is 29.3 Å². The summed E-state index contributed by atoms with van der Waals surface area (Å²) in [6, 6.07) is 9.54. The van der Waals surface area contributed by atoms with Gasteiger partial charge in [0.05, 0.1) is 22.6 Å². The van der Waals surface area contributed by atoms with E-state index in [2.05, 4.69) is 20.3 Å². The molecule has 2 aromatic heterocycles. The second-order valence-corrected chi connectivity index (χ2v) is 7.58. The number of nitrogens with zero attached hydrogens (tertiary/aromatic N) is 4. The van der Waals surface area contributed by atoms with E-state index < -0.39 is 0 Å². The van der Waals surface area contributed by atoms with Crippen molar-refractivity contribution in [1.29, 1.82) is 0 Å².